The number of ether oxygens (including phenoxy) is 2. The summed E-state index contributed by atoms with van der Waals surface area (Å²) in [4.78, 5) is 15.6. The Morgan fingerprint density at radius 2 is 1.90 bits per heavy atom. The van der Waals surface area contributed by atoms with E-state index in [1.54, 1.807) is 0 Å². The summed E-state index contributed by atoms with van der Waals surface area (Å²) in [5.74, 6) is 0.442. The normalized spacial score (nSPS) is 10.5. The third-order valence-corrected chi connectivity index (χ3v) is 3.89. The Labute approximate surface area is 126 Å². The molecule has 3 aromatic rings. The molecule has 1 aromatic heterocycles. The molecule has 4 nitrogen and oxygen atoms in total. The number of carbonyl (C=O) groups excluding carboxylic acids is 1. The summed E-state index contributed by atoms with van der Waals surface area (Å²) >= 11 is 1.50. The molecule has 106 valence electrons. The van der Waals surface area contributed by atoms with Crippen molar-refractivity contribution >= 4 is 27.5 Å². The summed E-state index contributed by atoms with van der Waals surface area (Å²) in [5.41, 5.74) is 1.82. The zero-order valence-corrected chi connectivity index (χ0v) is 12.2. The van der Waals surface area contributed by atoms with E-state index in [2.05, 4.69) is 9.72 Å². The van der Waals surface area contributed by atoms with Crippen LogP contribution in [-0.2, 0) is 16.0 Å². The van der Waals surface area contributed by atoms with Gasteiger partial charge in [0.1, 0.15) is 5.75 Å². The fourth-order valence-electron chi connectivity index (χ4n) is 1.91. The SMILES string of the molecule is COC(=O)Cc1ccc(Oc2nc3ccccc3s2)cc1. The maximum absolute atomic E-state index is 11.2. The molecule has 1 heterocycles. The lowest BCUT2D eigenvalue weighted by molar-refractivity contribution is -0.139. The van der Waals surface area contributed by atoms with Gasteiger partial charge in [-0.3, -0.25) is 4.79 Å². The van der Waals surface area contributed by atoms with E-state index >= 15 is 0 Å². The summed E-state index contributed by atoms with van der Waals surface area (Å²) in [6.07, 6.45) is 0.262. The van der Waals surface area contributed by atoms with E-state index in [0.29, 0.717) is 10.9 Å². The molecule has 0 aliphatic heterocycles. The average molecular weight is 299 g/mol. The quantitative estimate of drug-likeness (QED) is 0.687. The molecule has 0 aliphatic carbocycles. The molecule has 0 N–H and O–H groups in total. The number of nitrogens with zero attached hydrogens (tertiary/aromatic N) is 1. The Morgan fingerprint density at radius 1 is 1.14 bits per heavy atom. The van der Waals surface area contributed by atoms with Crippen LogP contribution in [0, 0.1) is 0 Å². The van der Waals surface area contributed by atoms with Crippen molar-refractivity contribution in [2.75, 3.05) is 7.11 Å². The zero-order valence-electron chi connectivity index (χ0n) is 11.4. The van der Waals surface area contributed by atoms with E-state index in [4.69, 9.17) is 4.74 Å². The van der Waals surface area contributed by atoms with Gasteiger partial charge in [-0.25, -0.2) is 4.98 Å². The summed E-state index contributed by atoms with van der Waals surface area (Å²) in [6.45, 7) is 0. The van der Waals surface area contributed by atoms with Gasteiger partial charge in [0.05, 0.1) is 23.7 Å². The van der Waals surface area contributed by atoms with Crippen molar-refractivity contribution < 1.29 is 14.3 Å². The van der Waals surface area contributed by atoms with Crippen molar-refractivity contribution in [3.05, 3.63) is 54.1 Å². The fourth-order valence-corrected chi connectivity index (χ4v) is 2.74. The van der Waals surface area contributed by atoms with Gasteiger partial charge in [-0.15, -0.1) is 0 Å². The number of thiazole rings is 1. The molecule has 0 amide bonds. The number of hydrogen-bond donors (Lipinski definition) is 0. The minimum atomic E-state index is -0.255. The van der Waals surface area contributed by atoms with Crippen LogP contribution in [0.2, 0.25) is 0 Å². The first kappa shape index (κ1) is 13.6. The number of carbonyl (C=O) groups is 1. The Hall–Kier alpha value is -2.40. The number of aromatic nitrogens is 1. The molecule has 5 heteroatoms. The molecule has 0 radical (unpaired) electrons. The van der Waals surface area contributed by atoms with Gasteiger partial charge in [0, 0.05) is 0 Å². The first-order chi connectivity index (χ1) is 10.2. The first-order valence-electron chi connectivity index (χ1n) is 6.44. The lowest BCUT2D eigenvalue weighted by Gasteiger charge is -2.03. The highest BCUT2D eigenvalue weighted by Gasteiger charge is 2.06. The van der Waals surface area contributed by atoms with Gasteiger partial charge in [0.15, 0.2) is 0 Å². The van der Waals surface area contributed by atoms with E-state index in [-0.39, 0.29) is 12.4 Å². The largest absolute Gasteiger partial charge is 0.469 e. The number of fused-ring (bicyclic) bond motifs is 1. The van der Waals surface area contributed by atoms with Crippen LogP contribution in [0.4, 0.5) is 0 Å². The summed E-state index contributed by atoms with van der Waals surface area (Å²) in [6, 6.07) is 15.2. The first-order valence-corrected chi connectivity index (χ1v) is 7.25. The molecule has 0 fully saturated rings. The van der Waals surface area contributed by atoms with Crippen LogP contribution in [-0.4, -0.2) is 18.1 Å². The second-order valence-corrected chi connectivity index (χ2v) is 5.44. The Balaban J connectivity index is 1.74. The number of esters is 1. The molecule has 0 saturated carbocycles. The molecule has 21 heavy (non-hydrogen) atoms. The third-order valence-electron chi connectivity index (χ3n) is 2.98. The molecule has 3 rings (SSSR count). The van der Waals surface area contributed by atoms with Gasteiger partial charge in [-0.2, -0.15) is 0 Å². The zero-order chi connectivity index (χ0) is 14.7. The second kappa shape index (κ2) is 5.93. The molecule has 0 atom stereocenters. The van der Waals surface area contributed by atoms with Gasteiger partial charge >= 0.3 is 5.97 Å². The van der Waals surface area contributed by atoms with Gasteiger partial charge in [-0.1, -0.05) is 35.6 Å². The topological polar surface area (TPSA) is 48.4 Å². The van der Waals surface area contributed by atoms with Crippen LogP contribution >= 0.6 is 11.3 Å². The highest BCUT2D eigenvalue weighted by molar-refractivity contribution is 7.20. The Morgan fingerprint density at radius 3 is 2.62 bits per heavy atom. The fraction of sp³-hybridized carbons (Fsp3) is 0.125. The Kier molecular flexibility index (Phi) is 3.83. The molecule has 0 aliphatic rings. The van der Waals surface area contributed by atoms with Gasteiger partial charge in [0.2, 0.25) is 0 Å². The number of rotatable bonds is 4. The maximum atomic E-state index is 11.2. The van der Waals surface area contributed by atoms with E-state index in [1.165, 1.54) is 18.4 Å². The summed E-state index contributed by atoms with van der Waals surface area (Å²) in [7, 11) is 1.38. The minimum absolute atomic E-state index is 0.255. The molecule has 0 bridgehead atoms. The van der Waals surface area contributed by atoms with E-state index in [0.717, 1.165) is 15.8 Å². The van der Waals surface area contributed by atoms with E-state index < -0.39 is 0 Å². The predicted molar refractivity (Wildman–Crippen MR) is 81.9 cm³/mol. The van der Waals surface area contributed by atoms with Crippen LogP contribution in [0.1, 0.15) is 5.56 Å². The monoisotopic (exact) mass is 299 g/mol. The second-order valence-electron chi connectivity index (χ2n) is 4.45. The lowest BCUT2D eigenvalue weighted by atomic mass is 10.1. The third kappa shape index (κ3) is 3.20. The van der Waals surface area contributed by atoms with Crippen molar-refractivity contribution in [2.24, 2.45) is 0 Å². The van der Waals surface area contributed by atoms with Crippen molar-refractivity contribution in [1.29, 1.82) is 0 Å². The van der Waals surface area contributed by atoms with Gasteiger partial charge < -0.3 is 9.47 Å². The van der Waals surface area contributed by atoms with Crippen molar-refractivity contribution in [3.8, 4) is 10.9 Å². The van der Waals surface area contributed by atoms with E-state index in [1.807, 2.05) is 48.5 Å². The van der Waals surface area contributed by atoms with Gasteiger partial charge in [0.25, 0.3) is 5.19 Å². The van der Waals surface area contributed by atoms with Crippen LogP contribution < -0.4 is 4.74 Å². The molecule has 0 saturated heterocycles. The van der Waals surface area contributed by atoms with Crippen molar-refractivity contribution in [2.45, 2.75) is 6.42 Å². The maximum Gasteiger partial charge on any atom is 0.309 e. The standard InChI is InChI=1S/C16H13NO3S/c1-19-15(18)10-11-6-8-12(9-7-11)20-16-17-13-4-2-3-5-14(13)21-16/h2-9H,10H2,1H3. The van der Waals surface area contributed by atoms with Crippen LogP contribution in [0.3, 0.4) is 0 Å². The predicted octanol–water partition coefficient (Wildman–Crippen LogP) is 3.80. The minimum Gasteiger partial charge on any atom is -0.469 e. The van der Waals surface area contributed by atoms with Crippen LogP contribution in [0.5, 0.6) is 10.9 Å². The number of para-hydroxylation sites is 1. The van der Waals surface area contributed by atoms with Crippen molar-refractivity contribution in [1.82, 2.24) is 4.98 Å². The Bertz CT molecular complexity index is 732. The van der Waals surface area contributed by atoms with E-state index in [9.17, 15) is 4.79 Å². The molecular weight excluding hydrogens is 286 g/mol. The highest BCUT2D eigenvalue weighted by atomic mass is 32.1. The molecule has 0 spiro atoms. The molecule has 2 aromatic carbocycles. The summed E-state index contributed by atoms with van der Waals surface area (Å²) in [5, 5.41) is 0.608. The average Bonchev–Trinajstić information content (AvgIpc) is 2.91. The summed E-state index contributed by atoms with van der Waals surface area (Å²) < 4.78 is 11.5. The molecular formula is C16H13NO3S. The highest BCUT2D eigenvalue weighted by Crippen LogP contribution is 2.31. The lowest BCUT2D eigenvalue weighted by Crippen LogP contribution is -2.04. The smallest absolute Gasteiger partial charge is 0.309 e. The van der Waals surface area contributed by atoms with Gasteiger partial charge in [-0.05, 0) is 29.8 Å². The van der Waals surface area contributed by atoms with Crippen molar-refractivity contribution in [3.63, 3.8) is 0 Å². The van der Waals surface area contributed by atoms with Crippen LogP contribution in [0.25, 0.3) is 10.2 Å². The number of methoxy groups -OCH3 is 1. The molecule has 0 unspecified atom stereocenters. The number of benzene rings is 2. The number of hydrogen-bond acceptors (Lipinski definition) is 5. The van der Waals surface area contributed by atoms with Crippen LogP contribution in [0.15, 0.2) is 48.5 Å².